The van der Waals surface area contributed by atoms with Crippen LogP contribution in [0.1, 0.15) is 0 Å². The normalized spacial score (nSPS) is 11.5. The molecule has 0 amide bonds. The summed E-state index contributed by atoms with van der Waals surface area (Å²) in [6, 6.07) is 20.8. The van der Waals surface area contributed by atoms with Gasteiger partial charge in [0.15, 0.2) is 0 Å². The van der Waals surface area contributed by atoms with E-state index in [2.05, 4.69) is 62.6 Å². The Morgan fingerprint density at radius 2 is 1.74 bits per heavy atom. The lowest BCUT2D eigenvalue weighted by atomic mass is 10.1. The first-order chi connectivity index (χ1) is 11.4. The van der Waals surface area contributed by atoms with Crippen LogP contribution in [0, 0.1) is 0 Å². The molecule has 3 aromatic heterocycles. The van der Waals surface area contributed by atoms with Crippen LogP contribution in [0.25, 0.3) is 44.5 Å². The predicted octanol–water partition coefficient (Wildman–Crippen LogP) is 4.71. The van der Waals surface area contributed by atoms with E-state index in [1.165, 1.54) is 5.39 Å². The maximum absolute atomic E-state index is 4.52. The SMILES string of the molecule is c1c[nH]c(-c2ccc3c(-c4cc5ccccc5[nH]4)n[nH]c3c2)c1. The fourth-order valence-electron chi connectivity index (χ4n) is 3.10. The molecule has 23 heavy (non-hydrogen) atoms. The average molecular weight is 298 g/mol. The smallest absolute Gasteiger partial charge is 0.116 e. The van der Waals surface area contributed by atoms with Crippen molar-refractivity contribution in [1.82, 2.24) is 20.2 Å². The van der Waals surface area contributed by atoms with Crippen LogP contribution < -0.4 is 0 Å². The number of H-pyrrole nitrogens is 3. The summed E-state index contributed by atoms with van der Waals surface area (Å²) in [5, 5.41) is 9.98. The van der Waals surface area contributed by atoms with E-state index in [1.807, 2.05) is 24.4 Å². The molecule has 0 spiro atoms. The van der Waals surface area contributed by atoms with Crippen molar-refractivity contribution in [1.29, 1.82) is 0 Å². The lowest BCUT2D eigenvalue weighted by molar-refractivity contribution is 1.12. The molecule has 5 rings (SSSR count). The molecular formula is C19H14N4. The summed E-state index contributed by atoms with van der Waals surface area (Å²) < 4.78 is 0. The second-order valence-electron chi connectivity index (χ2n) is 5.69. The lowest BCUT2D eigenvalue weighted by Crippen LogP contribution is -1.79. The van der Waals surface area contributed by atoms with E-state index in [4.69, 9.17) is 0 Å². The zero-order valence-corrected chi connectivity index (χ0v) is 12.3. The van der Waals surface area contributed by atoms with Crippen molar-refractivity contribution < 1.29 is 0 Å². The van der Waals surface area contributed by atoms with E-state index in [0.29, 0.717) is 0 Å². The molecule has 5 aromatic rings. The number of hydrogen-bond acceptors (Lipinski definition) is 1. The third-order valence-corrected chi connectivity index (χ3v) is 4.26. The highest BCUT2D eigenvalue weighted by molar-refractivity contribution is 5.97. The summed E-state index contributed by atoms with van der Waals surface area (Å²) in [7, 11) is 0. The fourth-order valence-corrected chi connectivity index (χ4v) is 3.10. The van der Waals surface area contributed by atoms with Gasteiger partial charge in [0.25, 0.3) is 0 Å². The number of para-hydroxylation sites is 1. The van der Waals surface area contributed by atoms with Gasteiger partial charge in [-0.25, -0.2) is 0 Å². The molecule has 2 aromatic carbocycles. The summed E-state index contributed by atoms with van der Waals surface area (Å²) in [6.45, 7) is 0. The Kier molecular flexibility index (Phi) is 2.46. The third kappa shape index (κ3) is 1.89. The van der Waals surface area contributed by atoms with Crippen molar-refractivity contribution >= 4 is 21.8 Å². The quantitative estimate of drug-likeness (QED) is 0.434. The molecule has 0 aliphatic heterocycles. The largest absolute Gasteiger partial charge is 0.361 e. The van der Waals surface area contributed by atoms with Crippen molar-refractivity contribution in [2.24, 2.45) is 0 Å². The van der Waals surface area contributed by atoms with Crippen LogP contribution in [0.2, 0.25) is 0 Å². The van der Waals surface area contributed by atoms with Crippen LogP contribution in [0.3, 0.4) is 0 Å². The molecular weight excluding hydrogens is 284 g/mol. The summed E-state index contributed by atoms with van der Waals surface area (Å²) in [5.74, 6) is 0. The number of aromatic nitrogens is 4. The minimum absolute atomic E-state index is 0.953. The fraction of sp³-hybridized carbons (Fsp3) is 0. The second-order valence-corrected chi connectivity index (χ2v) is 5.69. The number of rotatable bonds is 2. The summed E-state index contributed by atoms with van der Waals surface area (Å²) in [5.41, 5.74) is 6.40. The molecule has 0 fully saturated rings. The molecule has 4 nitrogen and oxygen atoms in total. The Hall–Kier alpha value is -3.27. The van der Waals surface area contributed by atoms with Crippen molar-refractivity contribution in [2.75, 3.05) is 0 Å². The highest BCUT2D eigenvalue weighted by Crippen LogP contribution is 2.30. The first kappa shape index (κ1) is 12.3. The molecule has 0 atom stereocenters. The molecule has 3 heterocycles. The van der Waals surface area contributed by atoms with Crippen LogP contribution in [0.5, 0.6) is 0 Å². The second kappa shape index (κ2) is 4.61. The number of nitrogens with zero attached hydrogens (tertiary/aromatic N) is 1. The highest BCUT2D eigenvalue weighted by Gasteiger charge is 2.11. The van der Waals surface area contributed by atoms with Crippen molar-refractivity contribution in [3.63, 3.8) is 0 Å². The molecule has 0 aliphatic rings. The third-order valence-electron chi connectivity index (χ3n) is 4.26. The van der Waals surface area contributed by atoms with Gasteiger partial charge in [0, 0.05) is 33.7 Å². The van der Waals surface area contributed by atoms with Crippen LogP contribution in [-0.2, 0) is 0 Å². The molecule has 0 radical (unpaired) electrons. The van der Waals surface area contributed by atoms with Gasteiger partial charge < -0.3 is 9.97 Å². The van der Waals surface area contributed by atoms with Crippen LogP contribution >= 0.6 is 0 Å². The van der Waals surface area contributed by atoms with E-state index in [1.54, 1.807) is 0 Å². The summed E-state index contributed by atoms with van der Waals surface area (Å²) in [6.07, 6.45) is 1.93. The number of fused-ring (bicyclic) bond motifs is 2. The van der Waals surface area contributed by atoms with Crippen LogP contribution in [0.4, 0.5) is 0 Å². The topological polar surface area (TPSA) is 60.3 Å². The van der Waals surface area contributed by atoms with E-state index >= 15 is 0 Å². The molecule has 3 N–H and O–H groups in total. The number of benzene rings is 2. The molecule has 0 unspecified atom stereocenters. The molecule has 0 saturated heterocycles. The van der Waals surface area contributed by atoms with E-state index in [-0.39, 0.29) is 0 Å². The maximum Gasteiger partial charge on any atom is 0.116 e. The van der Waals surface area contributed by atoms with Crippen molar-refractivity contribution in [3.05, 3.63) is 66.9 Å². The van der Waals surface area contributed by atoms with E-state index in [9.17, 15) is 0 Å². The van der Waals surface area contributed by atoms with Gasteiger partial charge in [0.1, 0.15) is 5.69 Å². The molecule has 110 valence electrons. The predicted molar refractivity (Wildman–Crippen MR) is 93.2 cm³/mol. The van der Waals surface area contributed by atoms with Gasteiger partial charge in [-0.3, -0.25) is 5.10 Å². The van der Waals surface area contributed by atoms with Crippen molar-refractivity contribution in [2.45, 2.75) is 0 Å². The Morgan fingerprint density at radius 1 is 0.783 bits per heavy atom. The molecule has 0 saturated carbocycles. The van der Waals surface area contributed by atoms with Gasteiger partial charge in [-0.1, -0.05) is 24.3 Å². The number of aromatic amines is 3. The van der Waals surface area contributed by atoms with E-state index < -0.39 is 0 Å². The van der Waals surface area contributed by atoms with Gasteiger partial charge in [-0.2, -0.15) is 5.10 Å². The monoisotopic (exact) mass is 298 g/mol. The zero-order chi connectivity index (χ0) is 15.2. The molecule has 0 aliphatic carbocycles. The molecule has 0 bridgehead atoms. The van der Waals surface area contributed by atoms with Crippen LogP contribution in [0.15, 0.2) is 66.9 Å². The Morgan fingerprint density at radius 3 is 2.61 bits per heavy atom. The molecule has 4 heteroatoms. The average Bonchev–Trinajstić information content (AvgIpc) is 3.32. The highest BCUT2D eigenvalue weighted by atomic mass is 15.1. The van der Waals surface area contributed by atoms with Gasteiger partial charge in [0.05, 0.1) is 11.2 Å². The zero-order valence-electron chi connectivity index (χ0n) is 12.3. The van der Waals surface area contributed by atoms with Crippen LogP contribution in [-0.4, -0.2) is 20.2 Å². The van der Waals surface area contributed by atoms with Gasteiger partial charge >= 0.3 is 0 Å². The number of hydrogen-bond donors (Lipinski definition) is 3. The number of nitrogens with one attached hydrogen (secondary N) is 3. The summed E-state index contributed by atoms with van der Waals surface area (Å²) >= 11 is 0. The Balaban J connectivity index is 1.67. The maximum atomic E-state index is 4.52. The first-order valence-electron chi connectivity index (χ1n) is 7.58. The van der Waals surface area contributed by atoms with Gasteiger partial charge in [-0.15, -0.1) is 0 Å². The lowest BCUT2D eigenvalue weighted by Gasteiger charge is -1.99. The van der Waals surface area contributed by atoms with Crippen molar-refractivity contribution in [3.8, 4) is 22.6 Å². The first-order valence-corrected chi connectivity index (χ1v) is 7.58. The minimum atomic E-state index is 0.953. The van der Waals surface area contributed by atoms with E-state index in [0.717, 1.165) is 39.1 Å². The van der Waals surface area contributed by atoms with Gasteiger partial charge in [0.2, 0.25) is 0 Å². The Labute approximate surface area is 132 Å². The Bertz CT molecular complexity index is 1080. The standard InChI is InChI=1S/C19H14N4/c1-2-5-16-12(4-1)11-18(21-16)19-14-8-7-13(10-17(14)22-23-19)15-6-3-9-20-15/h1-11,20-21H,(H,22,23). The van der Waals surface area contributed by atoms with Gasteiger partial charge in [-0.05, 0) is 36.4 Å². The summed E-state index contributed by atoms with van der Waals surface area (Å²) in [4.78, 5) is 6.68. The minimum Gasteiger partial charge on any atom is -0.361 e.